The maximum atomic E-state index is 15.3. The molecule has 262 valence electrons. The number of nitrogens with zero attached hydrogens (tertiary/aromatic N) is 1. The number of rotatable bonds is 12. The number of nitrogens with one attached hydrogen (secondary N) is 1. The fourth-order valence-corrected chi connectivity index (χ4v) is 7.59. The van der Waals surface area contributed by atoms with Crippen LogP contribution in [0.25, 0.3) is 16.3 Å². The Kier molecular flexibility index (Phi) is 9.69. The highest BCUT2D eigenvalue weighted by atomic mass is 32.2. The SMILES string of the molecule is COc1cc(CC2=C(c3ccc4c(c3)NSN4CCc3cccc4ccccc34)C(=O)OC2c2ccc(OC(C)C)c(F)c2)cc(OC)c1OC. The minimum atomic E-state index is -0.832. The van der Waals surface area contributed by atoms with Crippen LogP contribution in [-0.2, 0) is 22.4 Å². The molecule has 1 unspecified atom stereocenters. The van der Waals surface area contributed by atoms with Crippen LogP contribution in [-0.4, -0.2) is 39.9 Å². The number of carbonyl (C=O) groups is 1. The lowest BCUT2D eigenvalue weighted by Crippen LogP contribution is -2.15. The topological polar surface area (TPSA) is 78.5 Å². The van der Waals surface area contributed by atoms with E-state index in [1.165, 1.54) is 34.5 Å². The minimum Gasteiger partial charge on any atom is -0.493 e. The normalized spacial score (nSPS) is 15.2. The van der Waals surface area contributed by atoms with Crippen molar-refractivity contribution in [2.45, 2.75) is 38.9 Å². The number of benzene rings is 5. The third-order valence-electron chi connectivity index (χ3n) is 9.09. The van der Waals surface area contributed by atoms with Crippen LogP contribution in [0.3, 0.4) is 0 Å². The standard InChI is InChI=1S/C41H39FN2O6S/c1-24(2)49-35-16-14-29(22-32(35)42)39-31(19-25-20-36(46-3)40(48-5)37(21-25)47-4)38(41(45)50-39)28-13-15-34-33(23-28)43-51-44(34)18-17-27-11-8-10-26-9-6-7-12-30(26)27/h6-16,20-24,39,43H,17-19H2,1-5H3. The summed E-state index contributed by atoms with van der Waals surface area (Å²) in [5.74, 6) is 0.562. The number of carbonyl (C=O) groups excluding carboxylic acids is 1. The highest BCUT2D eigenvalue weighted by Gasteiger charge is 2.37. The second-order valence-corrected chi connectivity index (χ2v) is 13.5. The number of cyclic esters (lactones) is 1. The number of esters is 1. The molecule has 10 heteroatoms. The Morgan fingerprint density at radius 1 is 0.882 bits per heavy atom. The molecule has 0 aromatic heterocycles. The largest absolute Gasteiger partial charge is 0.493 e. The predicted octanol–water partition coefficient (Wildman–Crippen LogP) is 9.12. The molecule has 51 heavy (non-hydrogen) atoms. The van der Waals surface area contributed by atoms with E-state index in [0.29, 0.717) is 45.9 Å². The van der Waals surface area contributed by atoms with E-state index in [4.69, 9.17) is 23.7 Å². The molecule has 0 fully saturated rings. The average Bonchev–Trinajstić information content (AvgIpc) is 3.70. The Labute approximate surface area is 301 Å². The number of methoxy groups -OCH3 is 3. The highest BCUT2D eigenvalue weighted by molar-refractivity contribution is 8.02. The van der Waals surface area contributed by atoms with E-state index in [2.05, 4.69) is 51.5 Å². The smallest absolute Gasteiger partial charge is 0.339 e. The van der Waals surface area contributed by atoms with Crippen LogP contribution in [0.2, 0.25) is 0 Å². The average molecular weight is 707 g/mol. The van der Waals surface area contributed by atoms with E-state index in [-0.39, 0.29) is 11.9 Å². The minimum absolute atomic E-state index is 0.139. The monoisotopic (exact) mass is 706 g/mol. The first-order valence-electron chi connectivity index (χ1n) is 16.8. The van der Waals surface area contributed by atoms with Crippen LogP contribution >= 0.6 is 12.1 Å². The van der Waals surface area contributed by atoms with Gasteiger partial charge >= 0.3 is 5.97 Å². The van der Waals surface area contributed by atoms with Crippen molar-refractivity contribution >= 4 is 45.8 Å². The predicted molar refractivity (Wildman–Crippen MR) is 200 cm³/mol. The number of fused-ring (bicyclic) bond motifs is 2. The van der Waals surface area contributed by atoms with Crippen molar-refractivity contribution in [1.29, 1.82) is 0 Å². The van der Waals surface area contributed by atoms with E-state index in [1.807, 2.05) is 44.2 Å². The van der Waals surface area contributed by atoms with Gasteiger partial charge in [0, 0.05) is 6.54 Å². The summed E-state index contributed by atoms with van der Waals surface area (Å²) in [6.07, 6.45) is 0.136. The maximum absolute atomic E-state index is 15.3. The van der Waals surface area contributed by atoms with Gasteiger partial charge in [0.05, 0.1) is 56.5 Å². The van der Waals surface area contributed by atoms with Crippen LogP contribution in [0.5, 0.6) is 23.0 Å². The zero-order valence-corrected chi connectivity index (χ0v) is 29.9. The van der Waals surface area contributed by atoms with Crippen LogP contribution < -0.4 is 28.0 Å². The molecule has 1 N–H and O–H groups in total. The molecule has 0 saturated heterocycles. The van der Waals surface area contributed by atoms with Crippen LogP contribution in [0, 0.1) is 5.82 Å². The van der Waals surface area contributed by atoms with Gasteiger partial charge in [-0.25, -0.2) is 9.18 Å². The lowest BCUT2D eigenvalue weighted by Gasteiger charge is -2.19. The van der Waals surface area contributed by atoms with Gasteiger partial charge in [-0.15, -0.1) is 0 Å². The molecule has 0 amide bonds. The Balaban J connectivity index is 1.24. The molecule has 5 aromatic rings. The Morgan fingerprint density at radius 2 is 1.65 bits per heavy atom. The van der Waals surface area contributed by atoms with E-state index in [1.54, 1.807) is 33.5 Å². The molecule has 0 spiro atoms. The first-order chi connectivity index (χ1) is 24.8. The van der Waals surface area contributed by atoms with Gasteiger partial charge in [0.15, 0.2) is 23.1 Å². The molecule has 0 saturated carbocycles. The summed E-state index contributed by atoms with van der Waals surface area (Å²) < 4.78 is 49.4. The lowest BCUT2D eigenvalue weighted by molar-refractivity contribution is -0.138. The Morgan fingerprint density at radius 3 is 2.37 bits per heavy atom. The molecule has 2 aliphatic rings. The maximum Gasteiger partial charge on any atom is 0.339 e. The molecule has 2 heterocycles. The molecular weight excluding hydrogens is 668 g/mol. The number of hydrogen-bond donors (Lipinski definition) is 1. The van der Waals surface area contributed by atoms with Gasteiger partial charge in [-0.2, -0.15) is 0 Å². The molecule has 1 atom stereocenters. The first-order valence-corrected chi connectivity index (χ1v) is 17.6. The fourth-order valence-electron chi connectivity index (χ4n) is 6.78. The Bertz CT molecular complexity index is 2120. The van der Waals surface area contributed by atoms with Gasteiger partial charge in [0.1, 0.15) is 6.10 Å². The third kappa shape index (κ3) is 6.76. The summed E-state index contributed by atoms with van der Waals surface area (Å²) in [7, 11) is 4.66. The summed E-state index contributed by atoms with van der Waals surface area (Å²) in [5, 5.41) is 2.49. The second kappa shape index (κ2) is 14.5. The fraction of sp³-hybridized carbons (Fsp3) is 0.244. The van der Waals surface area contributed by atoms with Gasteiger partial charge < -0.3 is 28.4 Å². The molecular formula is C41H39FN2O6S. The van der Waals surface area contributed by atoms with Crippen LogP contribution in [0.1, 0.15) is 42.2 Å². The van der Waals surface area contributed by atoms with Gasteiger partial charge in [0.25, 0.3) is 0 Å². The summed E-state index contributed by atoms with van der Waals surface area (Å²) >= 11 is 1.53. The molecule has 2 aliphatic heterocycles. The van der Waals surface area contributed by atoms with E-state index in [9.17, 15) is 4.79 Å². The van der Waals surface area contributed by atoms with Crippen molar-refractivity contribution < 1.29 is 32.9 Å². The molecule has 8 nitrogen and oxygen atoms in total. The zero-order valence-electron chi connectivity index (χ0n) is 29.1. The van der Waals surface area contributed by atoms with Crippen molar-refractivity contribution in [3.8, 4) is 23.0 Å². The first kappa shape index (κ1) is 34.1. The van der Waals surface area contributed by atoms with Crippen molar-refractivity contribution in [2.75, 3.05) is 36.9 Å². The van der Waals surface area contributed by atoms with E-state index >= 15 is 4.39 Å². The van der Waals surface area contributed by atoms with Crippen LogP contribution in [0.15, 0.2) is 96.6 Å². The van der Waals surface area contributed by atoms with Crippen LogP contribution in [0.4, 0.5) is 15.8 Å². The number of hydrogen-bond acceptors (Lipinski definition) is 9. The van der Waals surface area contributed by atoms with Crippen molar-refractivity contribution in [3.63, 3.8) is 0 Å². The van der Waals surface area contributed by atoms with Crippen molar-refractivity contribution in [3.05, 3.63) is 125 Å². The van der Waals surface area contributed by atoms with Crippen molar-refractivity contribution in [1.82, 2.24) is 0 Å². The van der Waals surface area contributed by atoms with Crippen molar-refractivity contribution in [2.24, 2.45) is 0 Å². The third-order valence-corrected chi connectivity index (χ3v) is 10.0. The second-order valence-electron chi connectivity index (χ2n) is 12.7. The van der Waals surface area contributed by atoms with Gasteiger partial charge in [-0.1, -0.05) is 54.6 Å². The van der Waals surface area contributed by atoms with Gasteiger partial charge in [-0.3, -0.25) is 4.31 Å². The lowest BCUT2D eigenvalue weighted by atomic mass is 9.90. The van der Waals surface area contributed by atoms with E-state index < -0.39 is 17.9 Å². The highest BCUT2D eigenvalue weighted by Crippen LogP contribution is 2.47. The van der Waals surface area contributed by atoms with E-state index in [0.717, 1.165) is 29.9 Å². The molecule has 5 aromatic carbocycles. The molecule has 0 bridgehead atoms. The Hall–Kier alpha value is -5.35. The van der Waals surface area contributed by atoms with Gasteiger partial charge in [-0.05, 0) is 102 Å². The van der Waals surface area contributed by atoms with Gasteiger partial charge in [0.2, 0.25) is 5.75 Å². The summed E-state index contributed by atoms with van der Waals surface area (Å²) in [6.45, 7) is 4.47. The molecule has 0 aliphatic carbocycles. The quantitative estimate of drug-likeness (QED) is 0.101. The number of ether oxygens (including phenoxy) is 5. The molecule has 7 rings (SSSR count). The number of halogens is 1. The molecule has 0 radical (unpaired) electrons. The summed E-state index contributed by atoms with van der Waals surface area (Å²) in [5.41, 5.74) is 6.34. The zero-order chi connectivity index (χ0) is 35.6. The summed E-state index contributed by atoms with van der Waals surface area (Å²) in [6, 6.07) is 29.2. The summed E-state index contributed by atoms with van der Waals surface area (Å²) in [4.78, 5) is 13.8. The number of anilines is 2.